The Morgan fingerprint density at radius 1 is 0.912 bits per heavy atom. The van der Waals surface area contributed by atoms with Crippen molar-refractivity contribution in [3.63, 3.8) is 0 Å². The number of hydrogen-bond donors (Lipinski definition) is 3. The van der Waals surface area contributed by atoms with Gasteiger partial charge in [0.15, 0.2) is 0 Å². The van der Waals surface area contributed by atoms with E-state index in [1.165, 1.54) is 50.7 Å². The fourth-order valence-corrected chi connectivity index (χ4v) is 7.42. The van der Waals surface area contributed by atoms with E-state index in [-0.39, 0.29) is 11.5 Å². The van der Waals surface area contributed by atoms with E-state index in [1.807, 2.05) is 24.3 Å². The molecule has 4 aliphatic carbocycles. The van der Waals surface area contributed by atoms with Gasteiger partial charge in [-0.2, -0.15) is 0 Å². The number of carbonyl (C=O) groups excluding carboxylic acids is 1. The van der Waals surface area contributed by atoms with Crippen LogP contribution in [0.1, 0.15) is 64.9 Å². The van der Waals surface area contributed by atoms with Gasteiger partial charge in [0.1, 0.15) is 0 Å². The van der Waals surface area contributed by atoms with Gasteiger partial charge in [-0.1, -0.05) is 36.4 Å². The average Bonchev–Trinajstić information content (AvgIpc) is 3.22. The molecule has 1 heterocycles. The van der Waals surface area contributed by atoms with Crippen molar-refractivity contribution in [1.82, 2.24) is 4.98 Å². The molecule has 1 aromatic heterocycles. The summed E-state index contributed by atoms with van der Waals surface area (Å²) in [6.07, 6.45) is 8.92. The normalized spacial score (nSPS) is 27.0. The van der Waals surface area contributed by atoms with E-state index < -0.39 is 5.97 Å². The van der Waals surface area contributed by atoms with Gasteiger partial charge in [0, 0.05) is 17.1 Å². The smallest absolute Gasteiger partial charge is 0.335 e. The molecule has 4 aliphatic rings. The average molecular weight is 455 g/mol. The first-order chi connectivity index (χ1) is 16.5. The summed E-state index contributed by atoms with van der Waals surface area (Å²) in [5.74, 6) is 1.36. The number of carbonyl (C=O) groups is 2. The minimum Gasteiger partial charge on any atom is -0.478 e. The van der Waals surface area contributed by atoms with Gasteiger partial charge in [0.2, 0.25) is 0 Å². The number of amides is 1. The zero-order valence-corrected chi connectivity index (χ0v) is 19.2. The number of benzene rings is 2. The van der Waals surface area contributed by atoms with E-state index in [1.54, 1.807) is 12.1 Å². The molecule has 174 valence electrons. The number of nitrogens with one attached hydrogen (secondary N) is 2. The Kier molecular flexibility index (Phi) is 5.09. The third-order valence-electron chi connectivity index (χ3n) is 8.31. The van der Waals surface area contributed by atoms with Crippen molar-refractivity contribution in [3.05, 3.63) is 77.5 Å². The van der Waals surface area contributed by atoms with Gasteiger partial charge in [-0.25, -0.2) is 4.79 Å². The minimum atomic E-state index is -1.01. The number of hydrogen-bond acceptors (Lipinski definition) is 2. The van der Waals surface area contributed by atoms with Crippen molar-refractivity contribution < 1.29 is 14.7 Å². The van der Waals surface area contributed by atoms with E-state index >= 15 is 0 Å². The van der Waals surface area contributed by atoms with Crippen LogP contribution in [-0.4, -0.2) is 22.0 Å². The molecule has 1 amide bonds. The zero-order valence-electron chi connectivity index (χ0n) is 19.2. The third-order valence-corrected chi connectivity index (χ3v) is 8.31. The van der Waals surface area contributed by atoms with Crippen LogP contribution in [0.4, 0.5) is 5.69 Å². The van der Waals surface area contributed by atoms with E-state index in [2.05, 4.69) is 22.4 Å². The number of aromatic nitrogens is 1. The van der Waals surface area contributed by atoms with Gasteiger partial charge in [-0.3, -0.25) is 4.79 Å². The summed E-state index contributed by atoms with van der Waals surface area (Å²) in [6.45, 7) is 0. The second kappa shape index (κ2) is 8.15. The predicted octanol–water partition coefficient (Wildman–Crippen LogP) is 6.39. The maximum Gasteiger partial charge on any atom is 0.335 e. The Morgan fingerprint density at radius 2 is 1.59 bits per heavy atom. The van der Waals surface area contributed by atoms with Gasteiger partial charge in [0.05, 0.1) is 11.1 Å². The van der Waals surface area contributed by atoms with Crippen LogP contribution >= 0.6 is 0 Å². The standard InChI is InChI=1S/C29H30N2O3/c32-27(30-23-8-4-7-22(12-23)28(33)34)24-13-25(21-5-2-1-3-6-21)31-26(24)17-29-14-18-9-19(15-29)11-20(10-18)16-29/h1-8,12-13,18-20,31H,9-11,14-17H2,(H,30,32)(H,33,34). The highest BCUT2D eigenvalue weighted by Crippen LogP contribution is 2.61. The minimum absolute atomic E-state index is 0.158. The summed E-state index contributed by atoms with van der Waals surface area (Å²) in [4.78, 5) is 28.4. The topological polar surface area (TPSA) is 82.2 Å². The van der Waals surface area contributed by atoms with Crippen molar-refractivity contribution in [2.24, 2.45) is 23.2 Å². The number of aromatic carboxylic acids is 1. The van der Waals surface area contributed by atoms with E-state index in [0.717, 1.165) is 41.1 Å². The lowest BCUT2D eigenvalue weighted by atomic mass is 9.48. The fourth-order valence-electron chi connectivity index (χ4n) is 7.42. The molecule has 0 unspecified atom stereocenters. The van der Waals surface area contributed by atoms with Crippen LogP contribution in [0.25, 0.3) is 11.3 Å². The number of carboxylic acid groups (broad SMARTS) is 1. The van der Waals surface area contributed by atoms with Crippen molar-refractivity contribution in [1.29, 1.82) is 0 Å². The summed E-state index contributed by atoms with van der Waals surface area (Å²) >= 11 is 0. The van der Waals surface area contributed by atoms with Crippen LogP contribution in [0.15, 0.2) is 60.7 Å². The van der Waals surface area contributed by atoms with Crippen molar-refractivity contribution in [3.8, 4) is 11.3 Å². The van der Waals surface area contributed by atoms with Gasteiger partial charge in [-0.15, -0.1) is 0 Å². The Morgan fingerprint density at radius 3 is 2.24 bits per heavy atom. The molecule has 0 radical (unpaired) electrons. The first-order valence-electron chi connectivity index (χ1n) is 12.4. The van der Waals surface area contributed by atoms with Crippen LogP contribution in [0.5, 0.6) is 0 Å². The summed E-state index contributed by atoms with van der Waals surface area (Å²) in [5, 5.41) is 12.3. The lowest BCUT2D eigenvalue weighted by Gasteiger charge is -2.57. The molecule has 4 bridgehead atoms. The Bertz CT molecular complexity index is 1210. The summed E-state index contributed by atoms with van der Waals surface area (Å²) in [7, 11) is 0. The van der Waals surface area contributed by atoms with E-state index in [0.29, 0.717) is 16.7 Å². The zero-order chi connectivity index (χ0) is 23.3. The molecule has 4 saturated carbocycles. The second-order valence-corrected chi connectivity index (χ2v) is 10.9. The molecule has 2 aromatic carbocycles. The van der Waals surface area contributed by atoms with Crippen LogP contribution in [0, 0.1) is 23.2 Å². The number of H-pyrrole nitrogens is 1. The third kappa shape index (κ3) is 3.93. The van der Waals surface area contributed by atoms with Crippen molar-refractivity contribution in [2.45, 2.75) is 44.9 Å². The van der Waals surface area contributed by atoms with Gasteiger partial charge >= 0.3 is 5.97 Å². The molecular formula is C29H30N2O3. The largest absolute Gasteiger partial charge is 0.478 e. The summed E-state index contributed by atoms with van der Waals surface area (Å²) in [5.41, 5.74) is 4.62. The van der Waals surface area contributed by atoms with Crippen LogP contribution in [-0.2, 0) is 6.42 Å². The van der Waals surface area contributed by atoms with Gasteiger partial charge < -0.3 is 15.4 Å². The molecular weight excluding hydrogens is 424 g/mol. The number of aromatic amines is 1. The highest BCUT2D eigenvalue weighted by Gasteiger charge is 2.51. The molecule has 3 N–H and O–H groups in total. The van der Waals surface area contributed by atoms with E-state index in [4.69, 9.17) is 0 Å². The number of carboxylic acids is 1. The lowest BCUT2D eigenvalue weighted by molar-refractivity contribution is -0.0526. The molecule has 0 spiro atoms. The van der Waals surface area contributed by atoms with Crippen molar-refractivity contribution in [2.75, 3.05) is 5.32 Å². The fraction of sp³-hybridized carbons (Fsp3) is 0.379. The molecule has 3 aromatic rings. The molecule has 0 aliphatic heterocycles. The van der Waals surface area contributed by atoms with Gasteiger partial charge in [-0.05, 0) is 97.9 Å². The maximum absolute atomic E-state index is 13.5. The highest BCUT2D eigenvalue weighted by atomic mass is 16.4. The number of anilines is 1. The Balaban J connectivity index is 1.33. The maximum atomic E-state index is 13.5. The van der Waals surface area contributed by atoms with Crippen molar-refractivity contribution >= 4 is 17.6 Å². The summed E-state index contributed by atoms with van der Waals surface area (Å²) < 4.78 is 0. The molecule has 4 fully saturated rings. The number of rotatable bonds is 6. The quantitative estimate of drug-likeness (QED) is 0.403. The molecule has 5 nitrogen and oxygen atoms in total. The summed E-state index contributed by atoms with van der Waals surface area (Å²) in [6, 6.07) is 18.5. The van der Waals surface area contributed by atoms with Crippen LogP contribution < -0.4 is 5.32 Å². The van der Waals surface area contributed by atoms with Gasteiger partial charge in [0.25, 0.3) is 5.91 Å². The first kappa shape index (κ1) is 21.2. The molecule has 7 rings (SSSR count). The predicted molar refractivity (Wildman–Crippen MR) is 132 cm³/mol. The first-order valence-corrected chi connectivity index (χ1v) is 12.4. The molecule has 5 heteroatoms. The Hall–Kier alpha value is -3.34. The van der Waals surface area contributed by atoms with Crippen LogP contribution in [0.3, 0.4) is 0 Å². The molecule has 0 atom stereocenters. The monoisotopic (exact) mass is 454 g/mol. The van der Waals surface area contributed by atoms with E-state index in [9.17, 15) is 14.7 Å². The lowest BCUT2D eigenvalue weighted by Crippen LogP contribution is -2.47. The second-order valence-electron chi connectivity index (χ2n) is 10.9. The molecule has 34 heavy (non-hydrogen) atoms. The molecule has 0 saturated heterocycles. The van der Waals surface area contributed by atoms with Crippen LogP contribution in [0.2, 0.25) is 0 Å². The SMILES string of the molecule is O=C(O)c1cccc(NC(=O)c2cc(-c3ccccc3)[nH]c2CC23CC4CC(CC(C4)C2)C3)c1. The Labute approximate surface area is 199 Å². The highest BCUT2D eigenvalue weighted by molar-refractivity contribution is 6.06.